The molecule has 2 aromatic rings. The van der Waals surface area contributed by atoms with Crippen LogP contribution in [0.5, 0.6) is 0 Å². The number of ether oxygens (including phenoxy) is 1. The van der Waals surface area contributed by atoms with Gasteiger partial charge in [-0.2, -0.15) is 0 Å². The van der Waals surface area contributed by atoms with E-state index in [1.165, 1.54) is 0 Å². The van der Waals surface area contributed by atoms with Crippen LogP contribution in [0.2, 0.25) is 0 Å². The molecule has 1 atom stereocenters. The van der Waals surface area contributed by atoms with Crippen molar-refractivity contribution in [3.63, 3.8) is 0 Å². The molecule has 0 amide bonds. The van der Waals surface area contributed by atoms with E-state index in [4.69, 9.17) is 4.74 Å². The molecule has 6 nitrogen and oxygen atoms in total. The van der Waals surface area contributed by atoms with Crippen molar-refractivity contribution in [2.45, 2.75) is 46.8 Å². The normalized spacial score (nSPS) is 18.8. The van der Waals surface area contributed by atoms with Gasteiger partial charge in [0.15, 0.2) is 0 Å². The monoisotopic (exact) mass is 335 g/mol. The molecule has 23 heavy (non-hydrogen) atoms. The van der Waals surface area contributed by atoms with Crippen LogP contribution < -0.4 is 4.90 Å². The van der Waals surface area contributed by atoms with Crippen LogP contribution in [0.25, 0.3) is 0 Å². The first kappa shape index (κ1) is 16.4. The summed E-state index contributed by atoms with van der Waals surface area (Å²) in [5.41, 5.74) is 1.07. The molecule has 7 heteroatoms. The predicted molar refractivity (Wildman–Crippen MR) is 92.1 cm³/mol. The molecule has 1 unspecified atom stereocenters. The van der Waals surface area contributed by atoms with Gasteiger partial charge in [-0.25, -0.2) is 4.98 Å². The maximum absolute atomic E-state index is 5.86. The number of aryl methyl sites for hydroxylation is 1. The SMILES string of the molecule is CCn1c(Cc2csc(C)n2)nnc1N1CCOC(C(C)C)C1. The van der Waals surface area contributed by atoms with Crippen molar-refractivity contribution in [1.82, 2.24) is 19.7 Å². The van der Waals surface area contributed by atoms with E-state index in [0.717, 1.165) is 55.1 Å². The minimum Gasteiger partial charge on any atom is -0.374 e. The molecule has 0 N–H and O–H groups in total. The Balaban J connectivity index is 1.80. The summed E-state index contributed by atoms with van der Waals surface area (Å²) >= 11 is 1.68. The highest BCUT2D eigenvalue weighted by Crippen LogP contribution is 2.21. The van der Waals surface area contributed by atoms with Gasteiger partial charge in [-0.05, 0) is 19.8 Å². The number of nitrogens with zero attached hydrogens (tertiary/aromatic N) is 5. The van der Waals surface area contributed by atoms with E-state index in [2.05, 4.69) is 50.8 Å². The number of hydrogen-bond donors (Lipinski definition) is 0. The molecule has 2 aromatic heterocycles. The van der Waals surface area contributed by atoms with E-state index in [-0.39, 0.29) is 6.10 Å². The molecule has 126 valence electrons. The lowest BCUT2D eigenvalue weighted by atomic mass is 10.1. The molecular formula is C16H25N5OS. The topological polar surface area (TPSA) is 56.1 Å². The molecule has 3 rings (SSSR count). The molecule has 1 aliphatic heterocycles. The molecule has 0 saturated carbocycles. The fourth-order valence-corrected chi connectivity index (χ4v) is 3.54. The van der Waals surface area contributed by atoms with Gasteiger partial charge in [-0.3, -0.25) is 4.57 Å². The second-order valence-electron chi connectivity index (χ2n) is 6.29. The molecular weight excluding hydrogens is 310 g/mol. The van der Waals surface area contributed by atoms with E-state index in [9.17, 15) is 0 Å². The molecule has 0 radical (unpaired) electrons. The minimum atomic E-state index is 0.260. The molecule has 0 aromatic carbocycles. The first-order valence-electron chi connectivity index (χ1n) is 8.28. The molecule has 1 aliphatic rings. The van der Waals surface area contributed by atoms with Crippen LogP contribution >= 0.6 is 11.3 Å². The highest BCUT2D eigenvalue weighted by Gasteiger charge is 2.27. The Morgan fingerprint density at radius 1 is 1.39 bits per heavy atom. The summed E-state index contributed by atoms with van der Waals surface area (Å²) in [6.45, 7) is 11.9. The van der Waals surface area contributed by atoms with E-state index in [1.54, 1.807) is 11.3 Å². The van der Waals surface area contributed by atoms with Crippen LogP contribution in [-0.4, -0.2) is 45.5 Å². The van der Waals surface area contributed by atoms with Gasteiger partial charge in [0, 0.05) is 25.0 Å². The van der Waals surface area contributed by atoms with Crippen molar-refractivity contribution >= 4 is 17.3 Å². The zero-order valence-corrected chi connectivity index (χ0v) is 15.1. The van der Waals surface area contributed by atoms with Crippen molar-refractivity contribution in [2.24, 2.45) is 5.92 Å². The number of thiazole rings is 1. The summed E-state index contributed by atoms with van der Waals surface area (Å²) in [7, 11) is 0. The van der Waals surface area contributed by atoms with Crippen LogP contribution in [0, 0.1) is 12.8 Å². The lowest BCUT2D eigenvalue weighted by Crippen LogP contribution is -2.45. The van der Waals surface area contributed by atoms with Gasteiger partial charge < -0.3 is 9.64 Å². The number of anilines is 1. The van der Waals surface area contributed by atoms with E-state index >= 15 is 0 Å². The van der Waals surface area contributed by atoms with Crippen LogP contribution in [0.4, 0.5) is 5.95 Å². The smallest absolute Gasteiger partial charge is 0.227 e. The van der Waals surface area contributed by atoms with E-state index in [0.29, 0.717) is 5.92 Å². The maximum Gasteiger partial charge on any atom is 0.227 e. The Labute approximate surface area is 141 Å². The van der Waals surface area contributed by atoms with Gasteiger partial charge in [0.25, 0.3) is 0 Å². The number of aromatic nitrogens is 4. The molecule has 1 fully saturated rings. The third-order valence-electron chi connectivity index (χ3n) is 4.25. The van der Waals surface area contributed by atoms with Crippen LogP contribution in [-0.2, 0) is 17.7 Å². The Kier molecular flexibility index (Phi) is 4.96. The van der Waals surface area contributed by atoms with Gasteiger partial charge in [0.1, 0.15) is 5.82 Å². The fourth-order valence-electron chi connectivity index (χ4n) is 2.93. The zero-order valence-electron chi connectivity index (χ0n) is 14.3. The molecule has 0 bridgehead atoms. The molecule has 1 saturated heterocycles. The zero-order chi connectivity index (χ0) is 16.4. The highest BCUT2D eigenvalue weighted by molar-refractivity contribution is 7.09. The molecule has 3 heterocycles. The summed E-state index contributed by atoms with van der Waals surface area (Å²) in [6, 6.07) is 0. The van der Waals surface area contributed by atoms with Gasteiger partial charge in [0.2, 0.25) is 5.95 Å². The summed E-state index contributed by atoms with van der Waals surface area (Å²) < 4.78 is 8.07. The largest absolute Gasteiger partial charge is 0.374 e. The van der Waals surface area contributed by atoms with Crippen molar-refractivity contribution in [3.05, 3.63) is 21.9 Å². The minimum absolute atomic E-state index is 0.260. The van der Waals surface area contributed by atoms with Crippen molar-refractivity contribution < 1.29 is 4.74 Å². The van der Waals surface area contributed by atoms with Crippen molar-refractivity contribution in [1.29, 1.82) is 0 Å². The Hall–Kier alpha value is -1.47. The van der Waals surface area contributed by atoms with E-state index < -0.39 is 0 Å². The third-order valence-corrected chi connectivity index (χ3v) is 5.07. The lowest BCUT2D eigenvalue weighted by molar-refractivity contribution is 0.0107. The van der Waals surface area contributed by atoms with E-state index in [1.807, 2.05) is 6.92 Å². The highest BCUT2D eigenvalue weighted by atomic mass is 32.1. The summed E-state index contributed by atoms with van der Waals surface area (Å²) in [5.74, 6) is 2.46. The fraction of sp³-hybridized carbons (Fsp3) is 0.688. The molecule has 0 spiro atoms. The second-order valence-corrected chi connectivity index (χ2v) is 7.36. The van der Waals surface area contributed by atoms with Crippen molar-refractivity contribution in [3.8, 4) is 0 Å². The van der Waals surface area contributed by atoms with Gasteiger partial charge in [-0.15, -0.1) is 21.5 Å². The summed E-state index contributed by atoms with van der Waals surface area (Å²) in [4.78, 5) is 6.85. The van der Waals surface area contributed by atoms with Crippen LogP contribution in [0.15, 0.2) is 5.38 Å². The van der Waals surface area contributed by atoms with Crippen LogP contribution in [0.3, 0.4) is 0 Å². The number of rotatable bonds is 5. The first-order chi connectivity index (χ1) is 11.1. The third kappa shape index (κ3) is 3.55. The number of hydrogen-bond acceptors (Lipinski definition) is 6. The average Bonchev–Trinajstić information content (AvgIpc) is 3.13. The summed E-state index contributed by atoms with van der Waals surface area (Å²) in [6.07, 6.45) is 0.999. The van der Waals surface area contributed by atoms with Crippen LogP contribution in [0.1, 0.15) is 37.3 Å². The Bertz CT molecular complexity index is 651. The Morgan fingerprint density at radius 2 is 2.22 bits per heavy atom. The average molecular weight is 335 g/mol. The first-order valence-corrected chi connectivity index (χ1v) is 9.16. The summed E-state index contributed by atoms with van der Waals surface area (Å²) in [5, 5.41) is 12.1. The predicted octanol–water partition coefficient (Wildman–Crippen LogP) is 2.51. The standard InChI is InChI=1S/C16H25N5OS/c1-5-21-15(8-13-10-23-12(4)17-13)18-19-16(21)20-6-7-22-14(9-20)11(2)3/h10-11,14H,5-9H2,1-4H3. The van der Waals surface area contributed by atoms with Gasteiger partial charge >= 0.3 is 0 Å². The Morgan fingerprint density at radius 3 is 2.87 bits per heavy atom. The second kappa shape index (κ2) is 6.97. The maximum atomic E-state index is 5.86. The van der Waals surface area contributed by atoms with Gasteiger partial charge in [-0.1, -0.05) is 13.8 Å². The van der Waals surface area contributed by atoms with Crippen molar-refractivity contribution in [2.75, 3.05) is 24.6 Å². The molecule has 0 aliphatic carbocycles. The quantitative estimate of drug-likeness (QED) is 0.840. The number of morpholine rings is 1. The lowest BCUT2D eigenvalue weighted by Gasteiger charge is -2.35. The van der Waals surface area contributed by atoms with Gasteiger partial charge in [0.05, 0.1) is 29.8 Å².